The molecular weight excluding hydrogens is 324 g/mol. The van der Waals surface area contributed by atoms with Crippen LogP contribution in [-0.4, -0.2) is 25.7 Å². The van der Waals surface area contributed by atoms with E-state index in [2.05, 4.69) is 16.4 Å². The van der Waals surface area contributed by atoms with Gasteiger partial charge < -0.3 is 19.8 Å². The van der Waals surface area contributed by atoms with Gasteiger partial charge in [-0.1, -0.05) is 17.7 Å². The van der Waals surface area contributed by atoms with Crippen LogP contribution >= 0.6 is 11.6 Å². The van der Waals surface area contributed by atoms with Gasteiger partial charge in [-0.15, -0.1) is 0 Å². The molecule has 2 aromatic carbocycles. The molecule has 2 N–H and O–H groups in total. The maximum Gasteiger partial charge on any atom is 0.161 e. The van der Waals surface area contributed by atoms with Crippen LogP contribution in [0, 0.1) is 0 Å². The number of aromatic amines is 1. The van der Waals surface area contributed by atoms with Crippen LogP contribution in [0.2, 0.25) is 5.02 Å². The molecule has 0 amide bonds. The lowest BCUT2D eigenvalue weighted by atomic mass is 9.94. The Morgan fingerprint density at radius 3 is 2.67 bits per heavy atom. The quantitative estimate of drug-likeness (QED) is 0.754. The molecular formula is C19H19ClN2O2. The standard InChI is InChI=1S/C19H19ClN2O2/c1-23-16-6-3-11(9-17(16)24-2)18-19-13(7-8-21-18)14-10-12(20)4-5-15(14)22-19/h3-6,9-10,18,21-22H,7-8H2,1-2H3. The van der Waals surface area contributed by atoms with Gasteiger partial charge in [-0.3, -0.25) is 0 Å². The van der Waals surface area contributed by atoms with Gasteiger partial charge >= 0.3 is 0 Å². The Bertz CT molecular complexity index is 904. The number of benzene rings is 2. The third-order valence-corrected chi connectivity index (χ3v) is 4.89. The van der Waals surface area contributed by atoms with Gasteiger partial charge in [0.1, 0.15) is 0 Å². The van der Waals surface area contributed by atoms with Gasteiger partial charge in [-0.05, 0) is 47.9 Å². The van der Waals surface area contributed by atoms with Crippen molar-refractivity contribution in [2.75, 3.05) is 20.8 Å². The Morgan fingerprint density at radius 1 is 1.04 bits per heavy atom. The van der Waals surface area contributed by atoms with E-state index in [1.54, 1.807) is 14.2 Å². The lowest BCUT2D eigenvalue weighted by Gasteiger charge is -2.25. The van der Waals surface area contributed by atoms with Crippen molar-refractivity contribution in [2.45, 2.75) is 12.5 Å². The van der Waals surface area contributed by atoms with Crippen LogP contribution in [-0.2, 0) is 6.42 Å². The highest BCUT2D eigenvalue weighted by Gasteiger charge is 2.26. The van der Waals surface area contributed by atoms with Crippen molar-refractivity contribution in [2.24, 2.45) is 0 Å². The van der Waals surface area contributed by atoms with Gasteiger partial charge in [0, 0.05) is 28.2 Å². The number of hydrogen-bond acceptors (Lipinski definition) is 3. The molecule has 4 nitrogen and oxygen atoms in total. The third-order valence-electron chi connectivity index (χ3n) is 4.65. The Labute approximate surface area is 145 Å². The summed E-state index contributed by atoms with van der Waals surface area (Å²) in [6.07, 6.45) is 0.986. The van der Waals surface area contributed by atoms with Crippen molar-refractivity contribution < 1.29 is 9.47 Å². The number of aromatic nitrogens is 1. The Hall–Kier alpha value is -2.17. The first kappa shape index (κ1) is 15.4. The summed E-state index contributed by atoms with van der Waals surface area (Å²) in [5, 5.41) is 5.58. The van der Waals surface area contributed by atoms with Gasteiger partial charge in [0.25, 0.3) is 0 Å². The molecule has 24 heavy (non-hydrogen) atoms. The summed E-state index contributed by atoms with van der Waals surface area (Å²) in [5.41, 5.74) is 4.81. The van der Waals surface area contributed by atoms with Gasteiger partial charge in [0.2, 0.25) is 0 Å². The van der Waals surface area contributed by atoms with E-state index < -0.39 is 0 Å². The highest BCUT2D eigenvalue weighted by atomic mass is 35.5. The molecule has 0 bridgehead atoms. The van der Waals surface area contributed by atoms with E-state index in [1.165, 1.54) is 16.6 Å². The number of H-pyrrole nitrogens is 1. The molecule has 2 heterocycles. The molecule has 1 aliphatic heterocycles. The summed E-state index contributed by atoms with van der Waals surface area (Å²) >= 11 is 6.18. The molecule has 4 rings (SSSR count). The van der Waals surface area contributed by atoms with Crippen molar-refractivity contribution in [3.8, 4) is 11.5 Å². The van der Waals surface area contributed by atoms with E-state index in [4.69, 9.17) is 21.1 Å². The first-order valence-electron chi connectivity index (χ1n) is 7.96. The summed E-state index contributed by atoms with van der Waals surface area (Å²) in [5.74, 6) is 1.48. The van der Waals surface area contributed by atoms with E-state index in [1.807, 2.05) is 30.3 Å². The summed E-state index contributed by atoms with van der Waals surface area (Å²) in [4.78, 5) is 3.56. The molecule has 0 saturated carbocycles. The predicted octanol–water partition coefficient (Wildman–Crippen LogP) is 4.07. The van der Waals surface area contributed by atoms with E-state index in [9.17, 15) is 0 Å². The van der Waals surface area contributed by atoms with Crippen LogP contribution in [0.15, 0.2) is 36.4 Å². The number of ether oxygens (including phenoxy) is 2. The molecule has 1 aliphatic rings. The first-order chi connectivity index (χ1) is 11.7. The van der Waals surface area contributed by atoms with Crippen molar-refractivity contribution >= 4 is 22.5 Å². The molecule has 0 fully saturated rings. The normalized spacial score (nSPS) is 16.9. The molecule has 1 atom stereocenters. The molecule has 124 valence electrons. The van der Waals surface area contributed by atoms with Crippen LogP contribution in [0.5, 0.6) is 11.5 Å². The van der Waals surface area contributed by atoms with E-state index in [0.717, 1.165) is 40.6 Å². The zero-order valence-electron chi connectivity index (χ0n) is 13.7. The number of methoxy groups -OCH3 is 2. The largest absolute Gasteiger partial charge is 0.493 e. The second kappa shape index (κ2) is 6.04. The molecule has 1 aromatic heterocycles. The summed E-state index contributed by atoms with van der Waals surface area (Å²) in [7, 11) is 3.31. The van der Waals surface area contributed by atoms with Crippen LogP contribution in [0.4, 0.5) is 0 Å². The van der Waals surface area contributed by atoms with Crippen molar-refractivity contribution in [3.63, 3.8) is 0 Å². The zero-order chi connectivity index (χ0) is 16.7. The third kappa shape index (κ3) is 2.43. The van der Waals surface area contributed by atoms with E-state index in [-0.39, 0.29) is 6.04 Å². The number of fused-ring (bicyclic) bond motifs is 3. The molecule has 0 aliphatic carbocycles. The highest BCUT2D eigenvalue weighted by molar-refractivity contribution is 6.31. The topological polar surface area (TPSA) is 46.3 Å². The lowest BCUT2D eigenvalue weighted by molar-refractivity contribution is 0.354. The van der Waals surface area contributed by atoms with Crippen LogP contribution < -0.4 is 14.8 Å². The SMILES string of the molecule is COc1ccc(C2NCCc3c2[nH]c2ccc(Cl)cc32)cc1OC. The van der Waals surface area contributed by atoms with Crippen LogP contribution in [0.3, 0.4) is 0 Å². The van der Waals surface area contributed by atoms with Crippen molar-refractivity contribution in [1.29, 1.82) is 0 Å². The van der Waals surface area contributed by atoms with Gasteiger partial charge in [-0.25, -0.2) is 0 Å². The fourth-order valence-corrected chi connectivity index (χ4v) is 3.69. The fraction of sp³-hybridized carbons (Fsp3) is 0.263. The monoisotopic (exact) mass is 342 g/mol. The van der Waals surface area contributed by atoms with E-state index >= 15 is 0 Å². The van der Waals surface area contributed by atoms with Crippen molar-refractivity contribution in [1.82, 2.24) is 10.3 Å². The molecule has 1 unspecified atom stereocenters. The first-order valence-corrected chi connectivity index (χ1v) is 8.34. The van der Waals surface area contributed by atoms with Gasteiger partial charge in [-0.2, -0.15) is 0 Å². The molecule has 0 saturated heterocycles. The van der Waals surface area contributed by atoms with Crippen molar-refractivity contribution in [3.05, 3.63) is 58.2 Å². The summed E-state index contributed by atoms with van der Waals surface area (Å²) in [6, 6.07) is 12.2. The molecule has 3 aromatic rings. The average Bonchev–Trinajstić information content (AvgIpc) is 2.99. The predicted molar refractivity (Wildman–Crippen MR) is 96.4 cm³/mol. The molecule has 5 heteroatoms. The summed E-state index contributed by atoms with van der Waals surface area (Å²) < 4.78 is 10.8. The Morgan fingerprint density at radius 2 is 1.88 bits per heavy atom. The van der Waals surface area contributed by atoms with Crippen LogP contribution in [0.1, 0.15) is 22.9 Å². The lowest BCUT2D eigenvalue weighted by Crippen LogP contribution is -2.30. The Kier molecular flexibility index (Phi) is 3.87. The molecule has 0 spiro atoms. The highest BCUT2D eigenvalue weighted by Crippen LogP contribution is 2.37. The second-order valence-electron chi connectivity index (χ2n) is 5.96. The number of rotatable bonds is 3. The van der Waals surface area contributed by atoms with Gasteiger partial charge in [0.05, 0.1) is 20.3 Å². The average molecular weight is 343 g/mol. The number of hydrogen-bond donors (Lipinski definition) is 2. The minimum Gasteiger partial charge on any atom is -0.493 e. The number of nitrogens with one attached hydrogen (secondary N) is 2. The maximum absolute atomic E-state index is 6.18. The van der Waals surface area contributed by atoms with Crippen LogP contribution in [0.25, 0.3) is 10.9 Å². The molecule has 0 radical (unpaired) electrons. The van der Waals surface area contributed by atoms with Gasteiger partial charge in [0.15, 0.2) is 11.5 Å². The smallest absolute Gasteiger partial charge is 0.161 e. The van der Waals surface area contributed by atoms with E-state index in [0.29, 0.717) is 0 Å². The Balaban J connectivity index is 1.83. The second-order valence-corrected chi connectivity index (χ2v) is 6.40. The summed E-state index contributed by atoms with van der Waals surface area (Å²) in [6.45, 7) is 0.922. The number of halogens is 1. The zero-order valence-corrected chi connectivity index (χ0v) is 14.4. The fourth-order valence-electron chi connectivity index (χ4n) is 3.52. The minimum absolute atomic E-state index is 0.0970. The minimum atomic E-state index is 0.0970. The maximum atomic E-state index is 6.18.